The Labute approximate surface area is 86.3 Å². The second-order valence-corrected chi connectivity index (χ2v) is 3.46. The summed E-state index contributed by atoms with van der Waals surface area (Å²) in [6, 6.07) is -1.10. The van der Waals surface area contributed by atoms with Crippen LogP contribution in [0.15, 0.2) is 0 Å². The van der Waals surface area contributed by atoms with E-state index in [2.05, 4.69) is 5.32 Å². The third-order valence-electron chi connectivity index (χ3n) is 2.27. The van der Waals surface area contributed by atoms with Crippen LogP contribution < -0.4 is 5.32 Å². The highest BCUT2D eigenvalue weighted by Gasteiger charge is 2.43. The van der Waals surface area contributed by atoms with Gasteiger partial charge in [-0.05, 0) is 0 Å². The zero-order valence-corrected chi connectivity index (χ0v) is 8.20. The lowest BCUT2D eigenvalue weighted by Crippen LogP contribution is -2.63. The molecule has 7 heteroatoms. The van der Waals surface area contributed by atoms with Gasteiger partial charge >= 0.3 is 0 Å². The summed E-state index contributed by atoms with van der Waals surface area (Å²) >= 11 is 0. The molecule has 1 aliphatic heterocycles. The van der Waals surface area contributed by atoms with Crippen molar-refractivity contribution in [3.8, 4) is 0 Å². The van der Waals surface area contributed by atoms with Gasteiger partial charge in [-0.15, -0.1) is 0 Å². The third-order valence-corrected chi connectivity index (χ3v) is 2.27. The van der Waals surface area contributed by atoms with Gasteiger partial charge in [-0.25, -0.2) is 0 Å². The van der Waals surface area contributed by atoms with E-state index in [4.69, 9.17) is 9.84 Å². The van der Waals surface area contributed by atoms with Crippen molar-refractivity contribution in [3.63, 3.8) is 0 Å². The molecule has 15 heavy (non-hydrogen) atoms. The molecular weight excluding hydrogens is 206 g/mol. The Morgan fingerprint density at radius 2 is 1.93 bits per heavy atom. The predicted octanol–water partition coefficient (Wildman–Crippen LogP) is -3.08. The van der Waals surface area contributed by atoms with Crippen LogP contribution in [0.25, 0.3) is 0 Å². The van der Waals surface area contributed by atoms with Gasteiger partial charge in [-0.2, -0.15) is 0 Å². The number of nitrogens with one attached hydrogen (secondary N) is 1. The molecule has 1 amide bonds. The summed E-state index contributed by atoms with van der Waals surface area (Å²) in [6.07, 6.45) is -5.24. The molecule has 0 aromatic rings. The molecule has 1 fully saturated rings. The number of aliphatic hydroxyl groups is 4. The van der Waals surface area contributed by atoms with Crippen LogP contribution in [-0.4, -0.2) is 63.6 Å². The summed E-state index contributed by atoms with van der Waals surface area (Å²) in [5.74, 6) is -0.462. The molecule has 1 unspecified atom stereocenters. The average Bonchev–Trinajstić information content (AvgIpc) is 2.18. The molecule has 0 aromatic heterocycles. The maximum atomic E-state index is 10.7. The summed E-state index contributed by atoms with van der Waals surface area (Å²) in [7, 11) is 0. The fourth-order valence-corrected chi connectivity index (χ4v) is 1.49. The van der Waals surface area contributed by atoms with Crippen molar-refractivity contribution in [2.24, 2.45) is 0 Å². The van der Waals surface area contributed by atoms with Crippen molar-refractivity contribution in [2.45, 2.75) is 37.6 Å². The molecule has 1 rings (SSSR count). The minimum Gasteiger partial charge on any atom is -0.394 e. The molecule has 5 atom stereocenters. The zero-order valence-electron chi connectivity index (χ0n) is 8.20. The minimum atomic E-state index is -1.45. The van der Waals surface area contributed by atoms with Crippen LogP contribution in [0.4, 0.5) is 0 Å². The molecule has 0 saturated carbocycles. The Bertz CT molecular complexity index is 235. The fourth-order valence-electron chi connectivity index (χ4n) is 1.49. The molecule has 88 valence electrons. The maximum absolute atomic E-state index is 10.7. The number of amides is 1. The van der Waals surface area contributed by atoms with E-state index in [0.29, 0.717) is 0 Å². The Morgan fingerprint density at radius 3 is 2.40 bits per heavy atom. The van der Waals surface area contributed by atoms with Crippen molar-refractivity contribution in [3.05, 3.63) is 0 Å². The van der Waals surface area contributed by atoms with Gasteiger partial charge in [0.15, 0.2) is 6.29 Å². The number of ether oxygens (including phenoxy) is 1. The Balaban J connectivity index is 2.70. The molecule has 0 aromatic carbocycles. The molecule has 0 spiro atoms. The van der Waals surface area contributed by atoms with Crippen LogP contribution in [0, 0.1) is 0 Å². The molecule has 0 bridgehead atoms. The highest BCUT2D eigenvalue weighted by molar-refractivity contribution is 5.73. The third kappa shape index (κ3) is 2.64. The number of aliphatic hydroxyl groups excluding tert-OH is 4. The van der Waals surface area contributed by atoms with Crippen LogP contribution in [0.5, 0.6) is 0 Å². The van der Waals surface area contributed by atoms with Crippen molar-refractivity contribution in [1.29, 1.82) is 0 Å². The number of carbonyl (C=O) groups excluding carboxylic acids is 1. The topological polar surface area (TPSA) is 119 Å². The monoisotopic (exact) mass is 221 g/mol. The fraction of sp³-hybridized carbons (Fsp3) is 0.875. The smallest absolute Gasteiger partial charge is 0.217 e. The first-order valence-electron chi connectivity index (χ1n) is 4.55. The molecule has 0 aliphatic carbocycles. The van der Waals surface area contributed by atoms with Crippen LogP contribution in [0.1, 0.15) is 6.92 Å². The molecule has 1 heterocycles. The first-order valence-corrected chi connectivity index (χ1v) is 4.55. The van der Waals surface area contributed by atoms with E-state index in [1.807, 2.05) is 0 Å². The Hall–Kier alpha value is -0.730. The molecule has 1 saturated heterocycles. The van der Waals surface area contributed by atoms with E-state index in [1.165, 1.54) is 6.92 Å². The van der Waals surface area contributed by atoms with Gasteiger partial charge in [-0.3, -0.25) is 4.79 Å². The SMILES string of the molecule is CC(=O)N[C@@H]1C(O)[C@H](O)[C@@H](CO)O[C@H]1O. The first kappa shape index (κ1) is 12.3. The summed E-state index contributed by atoms with van der Waals surface area (Å²) in [5.41, 5.74) is 0. The molecule has 1 aliphatic rings. The number of hydrogen-bond acceptors (Lipinski definition) is 6. The lowest BCUT2D eigenvalue weighted by Gasteiger charge is -2.40. The van der Waals surface area contributed by atoms with Crippen molar-refractivity contribution >= 4 is 5.91 Å². The normalized spacial score (nSPS) is 41.3. The van der Waals surface area contributed by atoms with Gasteiger partial charge in [-0.1, -0.05) is 0 Å². The summed E-state index contributed by atoms with van der Waals surface area (Å²) < 4.78 is 4.81. The van der Waals surface area contributed by atoms with Crippen LogP contribution in [0.3, 0.4) is 0 Å². The minimum absolute atomic E-state index is 0.462. The van der Waals surface area contributed by atoms with Gasteiger partial charge in [0.2, 0.25) is 5.91 Å². The van der Waals surface area contributed by atoms with Crippen LogP contribution in [-0.2, 0) is 9.53 Å². The van der Waals surface area contributed by atoms with E-state index < -0.39 is 43.2 Å². The van der Waals surface area contributed by atoms with Gasteiger partial charge in [0.25, 0.3) is 0 Å². The summed E-state index contributed by atoms with van der Waals surface area (Å²) in [6.45, 7) is 0.687. The van der Waals surface area contributed by atoms with Gasteiger partial charge in [0.1, 0.15) is 24.4 Å². The zero-order chi connectivity index (χ0) is 11.6. The van der Waals surface area contributed by atoms with E-state index in [-0.39, 0.29) is 0 Å². The number of carbonyl (C=O) groups is 1. The van der Waals surface area contributed by atoms with Gasteiger partial charge in [0.05, 0.1) is 6.61 Å². The lowest BCUT2D eigenvalue weighted by molar-refractivity contribution is -0.253. The van der Waals surface area contributed by atoms with Gasteiger partial charge < -0.3 is 30.5 Å². The van der Waals surface area contributed by atoms with Gasteiger partial charge in [0, 0.05) is 6.92 Å². The quantitative estimate of drug-likeness (QED) is 0.337. The van der Waals surface area contributed by atoms with Crippen molar-refractivity contribution < 1.29 is 30.0 Å². The van der Waals surface area contributed by atoms with E-state index in [0.717, 1.165) is 0 Å². The number of hydrogen-bond donors (Lipinski definition) is 5. The van der Waals surface area contributed by atoms with E-state index >= 15 is 0 Å². The van der Waals surface area contributed by atoms with Crippen LogP contribution >= 0.6 is 0 Å². The summed E-state index contributed by atoms with van der Waals surface area (Å²) in [5, 5.41) is 39.4. The van der Waals surface area contributed by atoms with Crippen molar-refractivity contribution in [2.75, 3.05) is 6.61 Å². The highest BCUT2D eigenvalue weighted by atomic mass is 16.6. The molecule has 0 radical (unpaired) electrons. The largest absolute Gasteiger partial charge is 0.394 e. The second kappa shape index (κ2) is 4.86. The second-order valence-electron chi connectivity index (χ2n) is 3.46. The molecule has 5 N–H and O–H groups in total. The highest BCUT2D eigenvalue weighted by Crippen LogP contribution is 2.19. The lowest BCUT2D eigenvalue weighted by atomic mass is 9.97. The molecular formula is C8H15NO6. The van der Waals surface area contributed by atoms with E-state index in [1.54, 1.807) is 0 Å². The average molecular weight is 221 g/mol. The molecule has 7 nitrogen and oxygen atoms in total. The number of rotatable bonds is 2. The maximum Gasteiger partial charge on any atom is 0.217 e. The summed E-state index contributed by atoms with van der Waals surface area (Å²) in [4.78, 5) is 10.7. The first-order chi connectivity index (χ1) is 6.97. The predicted molar refractivity (Wildman–Crippen MR) is 47.6 cm³/mol. The van der Waals surface area contributed by atoms with Crippen LogP contribution in [0.2, 0.25) is 0 Å². The Morgan fingerprint density at radius 1 is 1.33 bits per heavy atom. The Kier molecular flexibility index (Phi) is 4.00. The van der Waals surface area contributed by atoms with E-state index in [9.17, 15) is 20.1 Å². The van der Waals surface area contributed by atoms with Crippen molar-refractivity contribution in [1.82, 2.24) is 5.32 Å². The standard InChI is InChI=1S/C8H15NO6/c1-3(11)9-5-7(13)6(12)4(2-10)15-8(5)14/h4-8,10,12-14H,2H2,1H3,(H,9,11)/t4-,5-,6-,7?,8-/m1/s1.